The van der Waals surface area contributed by atoms with E-state index in [1.165, 1.54) is 6.26 Å². The number of hydrogen-bond donors (Lipinski definition) is 1. The van der Waals surface area contributed by atoms with Gasteiger partial charge in [-0.1, -0.05) is 12.1 Å². The van der Waals surface area contributed by atoms with E-state index in [2.05, 4.69) is 19.2 Å². The van der Waals surface area contributed by atoms with Gasteiger partial charge in [-0.25, -0.2) is 8.42 Å². The highest BCUT2D eigenvalue weighted by molar-refractivity contribution is 7.90. The van der Waals surface area contributed by atoms with E-state index in [4.69, 9.17) is 4.74 Å². The summed E-state index contributed by atoms with van der Waals surface area (Å²) in [6.07, 6.45) is 1.20. The van der Waals surface area contributed by atoms with Crippen molar-refractivity contribution < 1.29 is 13.2 Å². The third kappa shape index (κ3) is 3.10. The highest BCUT2D eigenvalue weighted by Gasteiger charge is 2.27. The van der Waals surface area contributed by atoms with Crippen LogP contribution < -0.4 is 5.32 Å². The molecule has 1 saturated heterocycles. The lowest BCUT2D eigenvalue weighted by atomic mass is 10.0. The normalized spacial score (nSPS) is 23.8. The molecule has 5 heteroatoms. The third-order valence-corrected chi connectivity index (χ3v) is 4.22. The molecule has 0 bridgehead atoms. The summed E-state index contributed by atoms with van der Waals surface area (Å²) in [6, 6.07) is 6.91. The van der Waals surface area contributed by atoms with E-state index in [1.807, 2.05) is 12.1 Å². The first-order valence-corrected chi connectivity index (χ1v) is 7.84. The van der Waals surface area contributed by atoms with Crippen molar-refractivity contribution in [3.05, 3.63) is 29.8 Å². The maximum Gasteiger partial charge on any atom is 0.175 e. The molecule has 0 saturated carbocycles. The zero-order valence-electron chi connectivity index (χ0n) is 10.9. The summed E-state index contributed by atoms with van der Waals surface area (Å²) in [6.45, 7) is 5.57. The topological polar surface area (TPSA) is 55.4 Å². The molecule has 1 heterocycles. The van der Waals surface area contributed by atoms with Gasteiger partial charge in [0, 0.05) is 18.3 Å². The molecule has 0 aromatic heterocycles. The van der Waals surface area contributed by atoms with Crippen molar-refractivity contribution in [2.45, 2.75) is 30.4 Å². The largest absolute Gasteiger partial charge is 0.370 e. The van der Waals surface area contributed by atoms with Gasteiger partial charge in [-0.3, -0.25) is 0 Å². The quantitative estimate of drug-likeness (QED) is 0.884. The average molecular weight is 269 g/mol. The van der Waals surface area contributed by atoms with Gasteiger partial charge >= 0.3 is 0 Å². The Morgan fingerprint density at radius 3 is 2.33 bits per heavy atom. The summed E-state index contributed by atoms with van der Waals surface area (Å²) >= 11 is 0. The molecule has 1 atom stereocenters. The van der Waals surface area contributed by atoms with Crippen LogP contribution >= 0.6 is 0 Å². The zero-order chi connectivity index (χ0) is 13.4. The first kappa shape index (κ1) is 13.5. The van der Waals surface area contributed by atoms with Crippen LogP contribution in [0.15, 0.2) is 29.2 Å². The molecule has 2 rings (SSSR count). The molecule has 100 valence electrons. The second kappa shape index (κ2) is 4.64. The minimum Gasteiger partial charge on any atom is -0.370 e. The van der Waals surface area contributed by atoms with Crippen LogP contribution in [-0.2, 0) is 14.6 Å². The predicted octanol–water partition coefficient (Wildman–Crippen LogP) is 1.53. The van der Waals surface area contributed by atoms with Gasteiger partial charge in [0.25, 0.3) is 0 Å². The molecule has 4 nitrogen and oxygen atoms in total. The fourth-order valence-corrected chi connectivity index (χ4v) is 2.56. The highest BCUT2D eigenvalue weighted by Crippen LogP contribution is 2.24. The summed E-state index contributed by atoms with van der Waals surface area (Å²) in [4.78, 5) is 0.343. The SMILES string of the molecule is CC1(C)COC(c2ccc(S(C)(=O)=O)cc2)CN1. The molecule has 18 heavy (non-hydrogen) atoms. The predicted molar refractivity (Wildman–Crippen MR) is 70.3 cm³/mol. The van der Waals surface area contributed by atoms with Crippen LogP contribution in [0.1, 0.15) is 25.5 Å². The molecular weight excluding hydrogens is 250 g/mol. The van der Waals surface area contributed by atoms with E-state index in [-0.39, 0.29) is 11.6 Å². The van der Waals surface area contributed by atoms with Gasteiger partial charge < -0.3 is 10.1 Å². The van der Waals surface area contributed by atoms with Crippen LogP contribution in [0.3, 0.4) is 0 Å². The molecule has 1 aromatic rings. The van der Waals surface area contributed by atoms with Crippen LogP contribution in [0.5, 0.6) is 0 Å². The van der Waals surface area contributed by atoms with Crippen molar-refractivity contribution >= 4 is 9.84 Å². The minimum atomic E-state index is -3.13. The van der Waals surface area contributed by atoms with Gasteiger partial charge in [0.05, 0.1) is 17.6 Å². The lowest BCUT2D eigenvalue weighted by Crippen LogP contribution is -2.50. The van der Waals surface area contributed by atoms with Crippen molar-refractivity contribution in [2.24, 2.45) is 0 Å². The van der Waals surface area contributed by atoms with Crippen molar-refractivity contribution in [1.82, 2.24) is 5.32 Å². The van der Waals surface area contributed by atoms with E-state index in [9.17, 15) is 8.42 Å². The maximum absolute atomic E-state index is 11.4. The molecule has 0 radical (unpaired) electrons. The van der Waals surface area contributed by atoms with Gasteiger partial charge in [-0.05, 0) is 31.5 Å². The van der Waals surface area contributed by atoms with Gasteiger partial charge in [0.1, 0.15) is 0 Å². The fourth-order valence-electron chi connectivity index (χ4n) is 1.93. The van der Waals surface area contributed by atoms with Crippen LogP contribution in [-0.4, -0.2) is 33.4 Å². The Hall–Kier alpha value is -0.910. The van der Waals surface area contributed by atoms with E-state index >= 15 is 0 Å². The minimum absolute atomic E-state index is 0.00317. The van der Waals surface area contributed by atoms with Crippen LogP contribution in [0, 0.1) is 0 Å². The summed E-state index contributed by atoms with van der Waals surface area (Å²) in [7, 11) is -3.13. The second-order valence-corrected chi connectivity index (χ2v) is 7.42. The lowest BCUT2D eigenvalue weighted by molar-refractivity contribution is -0.0229. The number of sulfone groups is 1. The van der Waals surface area contributed by atoms with Gasteiger partial charge in [-0.2, -0.15) is 0 Å². The zero-order valence-corrected chi connectivity index (χ0v) is 11.8. The molecule has 1 N–H and O–H groups in total. The second-order valence-electron chi connectivity index (χ2n) is 5.41. The molecule has 1 aliphatic heterocycles. The van der Waals surface area contributed by atoms with Gasteiger partial charge in [0.15, 0.2) is 9.84 Å². The number of benzene rings is 1. The Morgan fingerprint density at radius 2 is 1.89 bits per heavy atom. The van der Waals surface area contributed by atoms with E-state index in [0.29, 0.717) is 11.5 Å². The summed E-state index contributed by atoms with van der Waals surface area (Å²) in [5.74, 6) is 0. The van der Waals surface area contributed by atoms with Crippen LogP contribution in [0.25, 0.3) is 0 Å². The molecule has 0 spiro atoms. The number of hydrogen-bond acceptors (Lipinski definition) is 4. The smallest absolute Gasteiger partial charge is 0.175 e. The first-order chi connectivity index (χ1) is 8.28. The Kier molecular flexibility index (Phi) is 3.49. The lowest BCUT2D eigenvalue weighted by Gasteiger charge is -2.36. The molecule has 1 aliphatic rings. The van der Waals surface area contributed by atoms with Crippen molar-refractivity contribution in [3.63, 3.8) is 0 Å². The average Bonchev–Trinajstić information content (AvgIpc) is 2.28. The van der Waals surface area contributed by atoms with E-state index in [1.54, 1.807) is 12.1 Å². The molecule has 1 unspecified atom stereocenters. The molecule has 0 amide bonds. The maximum atomic E-state index is 11.4. The van der Waals surface area contributed by atoms with E-state index in [0.717, 1.165) is 12.1 Å². The Morgan fingerprint density at radius 1 is 1.28 bits per heavy atom. The molecule has 0 aliphatic carbocycles. The summed E-state index contributed by atoms with van der Waals surface area (Å²) in [5.41, 5.74) is 1.01. The number of nitrogens with one attached hydrogen (secondary N) is 1. The molecular formula is C13H19NO3S. The number of ether oxygens (including phenoxy) is 1. The Bertz CT molecular complexity index is 510. The number of rotatable bonds is 2. The first-order valence-electron chi connectivity index (χ1n) is 5.95. The van der Waals surface area contributed by atoms with Crippen molar-refractivity contribution in [3.8, 4) is 0 Å². The van der Waals surface area contributed by atoms with Crippen molar-refractivity contribution in [2.75, 3.05) is 19.4 Å². The summed E-state index contributed by atoms with van der Waals surface area (Å²) < 4.78 is 28.5. The highest BCUT2D eigenvalue weighted by atomic mass is 32.2. The third-order valence-electron chi connectivity index (χ3n) is 3.09. The molecule has 1 aromatic carbocycles. The van der Waals surface area contributed by atoms with Gasteiger partial charge in [-0.15, -0.1) is 0 Å². The summed E-state index contributed by atoms with van der Waals surface area (Å²) in [5, 5.41) is 3.41. The van der Waals surface area contributed by atoms with Crippen LogP contribution in [0.4, 0.5) is 0 Å². The van der Waals surface area contributed by atoms with Crippen LogP contribution in [0.2, 0.25) is 0 Å². The van der Waals surface area contributed by atoms with E-state index < -0.39 is 9.84 Å². The number of morpholine rings is 1. The molecule has 1 fully saturated rings. The standard InChI is InChI=1S/C13H19NO3S/c1-13(2)9-17-12(8-14-13)10-4-6-11(7-5-10)18(3,15)16/h4-7,12,14H,8-9H2,1-3H3. The van der Waals surface area contributed by atoms with Gasteiger partial charge in [0.2, 0.25) is 0 Å². The van der Waals surface area contributed by atoms with Crippen molar-refractivity contribution in [1.29, 1.82) is 0 Å². The fraction of sp³-hybridized carbons (Fsp3) is 0.538. The Labute approximate surface area is 108 Å². The monoisotopic (exact) mass is 269 g/mol. The Balaban J connectivity index is 2.12.